The summed E-state index contributed by atoms with van der Waals surface area (Å²) < 4.78 is 12.0. The van der Waals surface area contributed by atoms with Crippen LogP contribution in [-0.4, -0.2) is 53.6 Å². The Hall–Kier alpha value is -3.29. The first-order valence-corrected chi connectivity index (χ1v) is 12.0. The molecular formula is C28H34N2O5. The van der Waals surface area contributed by atoms with E-state index in [-0.39, 0.29) is 23.5 Å². The Kier molecular flexibility index (Phi) is 7.48. The molecule has 0 saturated carbocycles. The highest BCUT2D eigenvalue weighted by atomic mass is 16.6. The number of fused-ring (bicyclic) bond motifs is 1. The van der Waals surface area contributed by atoms with Crippen molar-refractivity contribution in [3.8, 4) is 17.2 Å². The highest BCUT2D eigenvalue weighted by Gasteiger charge is 2.26. The summed E-state index contributed by atoms with van der Waals surface area (Å²) >= 11 is 0. The van der Waals surface area contributed by atoms with Crippen LogP contribution in [0, 0.1) is 6.92 Å². The summed E-state index contributed by atoms with van der Waals surface area (Å²) in [4.78, 5) is 15.2. The van der Waals surface area contributed by atoms with Gasteiger partial charge in [0.15, 0.2) is 0 Å². The molecule has 4 rings (SSSR count). The number of hydrogen-bond donors (Lipinski definition) is 3. The first-order chi connectivity index (χ1) is 16.7. The fourth-order valence-electron chi connectivity index (χ4n) is 4.29. The van der Waals surface area contributed by atoms with E-state index >= 15 is 0 Å². The van der Waals surface area contributed by atoms with Crippen LogP contribution in [0.1, 0.15) is 53.7 Å². The zero-order chi connectivity index (χ0) is 25.1. The van der Waals surface area contributed by atoms with Gasteiger partial charge in [-0.3, -0.25) is 4.79 Å². The zero-order valence-electron chi connectivity index (χ0n) is 20.8. The summed E-state index contributed by atoms with van der Waals surface area (Å²) in [6.07, 6.45) is 5.03. The number of aromatic hydroxyl groups is 1. The predicted molar refractivity (Wildman–Crippen MR) is 136 cm³/mol. The fraction of sp³-hybridized carbons (Fsp3) is 0.393. The zero-order valence-corrected chi connectivity index (χ0v) is 20.8. The van der Waals surface area contributed by atoms with Crippen molar-refractivity contribution < 1.29 is 24.5 Å². The number of ether oxygens (including phenoxy) is 2. The molecule has 1 unspecified atom stereocenters. The molecule has 3 N–H and O–H groups in total. The molecule has 1 amide bonds. The van der Waals surface area contributed by atoms with E-state index in [0.29, 0.717) is 23.3 Å². The van der Waals surface area contributed by atoms with Gasteiger partial charge in [-0.1, -0.05) is 11.6 Å². The third-order valence-electron chi connectivity index (χ3n) is 6.48. The van der Waals surface area contributed by atoms with Crippen LogP contribution in [0.25, 0.3) is 6.08 Å². The highest BCUT2D eigenvalue weighted by Crippen LogP contribution is 2.37. The standard InChI is InChI=1S/C28H34N2O5/c1-17(2)5-6-19-15-21(7-9-24(19)31)27(32)29-23-16-20-8-10-25(18(3)26(20)35-28(23)33)34-22-11-13-30(4)14-12-22/h5,7-10,15-16,22,28,31,33H,6,11-14H2,1-4H3,(H,29,32). The van der Waals surface area contributed by atoms with Gasteiger partial charge in [0.1, 0.15) is 23.4 Å². The number of rotatable bonds is 6. The van der Waals surface area contributed by atoms with Gasteiger partial charge < -0.3 is 29.9 Å². The van der Waals surface area contributed by atoms with E-state index in [1.165, 1.54) is 6.07 Å². The number of aliphatic hydroxyl groups is 1. The number of aliphatic hydroxyl groups excluding tert-OH is 1. The minimum Gasteiger partial charge on any atom is -0.508 e. The molecule has 0 bridgehead atoms. The van der Waals surface area contributed by atoms with Crippen molar-refractivity contribution in [2.45, 2.75) is 52.4 Å². The maximum atomic E-state index is 12.9. The number of piperidine rings is 1. The van der Waals surface area contributed by atoms with Gasteiger partial charge in [0.2, 0.25) is 6.29 Å². The number of amides is 1. The number of phenolic OH excluding ortho intramolecular Hbond substituents is 1. The maximum absolute atomic E-state index is 12.9. The van der Waals surface area contributed by atoms with E-state index in [0.717, 1.165) is 48.4 Å². The second kappa shape index (κ2) is 10.5. The Morgan fingerprint density at radius 3 is 2.69 bits per heavy atom. The van der Waals surface area contributed by atoms with Gasteiger partial charge in [-0.2, -0.15) is 0 Å². The van der Waals surface area contributed by atoms with Gasteiger partial charge in [0.25, 0.3) is 5.91 Å². The number of nitrogens with zero attached hydrogens (tertiary/aromatic N) is 1. The summed E-state index contributed by atoms with van der Waals surface area (Å²) in [5.74, 6) is 1.05. The smallest absolute Gasteiger partial charge is 0.255 e. The third kappa shape index (κ3) is 5.86. The number of likely N-dealkylation sites (tertiary alicyclic amines) is 1. The summed E-state index contributed by atoms with van der Waals surface area (Å²) in [6.45, 7) is 7.89. The molecule has 1 saturated heterocycles. The van der Waals surface area contributed by atoms with E-state index in [9.17, 15) is 15.0 Å². The third-order valence-corrected chi connectivity index (χ3v) is 6.48. The molecule has 7 nitrogen and oxygen atoms in total. The Morgan fingerprint density at radius 1 is 1.23 bits per heavy atom. The van der Waals surface area contributed by atoms with Crippen molar-refractivity contribution in [2.75, 3.05) is 20.1 Å². The molecular weight excluding hydrogens is 444 g/mol. The summed E-state index contributed by atoms with van der Waals surface area (Å²) in [6, 6.07) is 8.51. The second-order valence-electron chi connectivity index (χ2n) is 9.58. The van der Waals surface area contributed by atoms with Crippen molar-refractivity contribution >= 4 is 12.0 Å². The molecule has 0 aliphatic carbocycles. The van der Waals surface area contributed by atoms with Crippen LogP contribution in [-0.2, 0) is 6.42 Å². The molecule has 35 heavy (non-hydrogen) atoms. The number of hydrogen-bond acceptors (Lipinski definition) is 6. The van der Waals surface area contributed by atoms with Crippen LogP contribution in [0.3, 0.4) is 0 Å². The highest BCUT2D eigenvalue weighted by molar-refractivity contribution is 5.96. The molecule has 2 aromatic carbocycles. The van der Waals surface area contributed by atoms with Crippen LogP contribution in [0.15, 0.2) is 47.7 Å². The van der Waals surface area contributed by atoms with Gasteiger partial charge in [0.05, 0.1) is 5.70 Å². The summed E-state index contributed by atoms with van der Waals surface area (Å²) in [5.41, 5.74) is 4.01. The molecule has 2 heterocycles. The molecule has 2 aliphatic rings. The van der Waals surface area contributed by atoms with Gasteiger partial charge >= 0.3 is 0 Å². The van der Waals surface area contributed by atoms with E-state index in [2.05, 4.69) is 17.3 Å². The Balaban J connectivity index is 1.50. The Bertz CT molecular complexity index is 1160. The number of phenols is 1. The van der Waals surface area contributed by atoms with Crippen LogP contribution < -0.4 is 14.8 Å². The van der Waals surface area contributed by atoms with E-state index < -0.39 is 6.29 Å². The molecule has 186 valence electrons. The predicted octanol–water partition coefficient (Wildman–Crippen LogP) is 4.16. The van der Waals surface area contributed by atoms with Crippen LogP contribution >= 0.6 is 0 Å². The molecule has 2 aromatic rings. The molecule has 2 aliphatic heterocycles. The van der Waals surface area contributed by atoms with Crippen molar-refractivity contribution in [1.29, 1.82) is 0 Å². The lowest BCUT2D eigenvalue weighted by atomic mass is 10.0. The topological polar surface area (TPSA) is 91.3 Å². The SMILES string of the molecule is CC(C)=CCc1cc(C(=O)NC2=Cc3ccc(OC4CCN(C)CC4)c(C)c3OC2O)ccc1O. The summed E-state index contributed by atoms with van der Waals surface area (Å²) in [7, 11) is 2.11. The molecule has 0 radical (unpaired) electrons. The molecule has 0 aromatic heterocycles. The van der Waals surface area contributed by atoms with Gasteiger partial charge in [-0.25, -0.2) is 0 Å². The monoisotopic (exact) mass is 478 g/mol. The van der Waals surface area contributed by atoms with Crippen LogP contribution in [0.5, 0.6) is 17.2 Å². The molecule has 1 fully saturated rings. The first-order valence-electron chi connectivity index (χ1n) is 12.0. The van der Waals surface area contributed by atoms with Crippen molar-refractivity contribution in [1.82, 2.24) is 10.2 Å². The van der Waals surface area contributed by atoms with Crippen molar-refractivity contribution in [3.63, 3.8) is 0 Å². The Labute approximate surface area is 206 Å². The second-order valence-corrected chi connectivity index (χ2v) is 9.58. The molecule has 1 atom stereocenters. The minimum atomic E-state index is -1.31. The quantitative estimate of drug-likeness (QED) is 0.540. The average molecular weight is 479 g/mol. The lowest BCUT2D eigenvalue weighted by molar-refractivity contribution is 0.00667. The molecule has 7 heteroatoms. The van der Waals surface area contributed by atoms with E-state index in [1.807, 2.05) is 39.0 Å². The van der Waals surface area contributed by atoms with Gasteiger partial charge in [0, 0.05) is 29.8 Å². The summed E-state index contributed by atoms with van der Waals surface area (Å²) in [5, 5.41) is 23.5. The largest absolute Gasteiger partial charge is 0.508 e. The number of carbonyl (C=O) groups excluding carboxylic acids is 1. The lowest BCUT2D eigenvalue weighted by Gasteiger charge is -2.31. The number of allylic oxidation sites excluding steroid dienone is 2. The van der Waals surface area contributed by atoms with Crippen molar-refractivity contribution in [2.24, 2.45) is 0 Å². The number of carbonyl (C=O) groups is 1. The van der Waals surface area contributed by atoms with Crippen LogP contribution in [0.4, 0.5) is 0 Å². The molecule has 0 spiro atoms. The van der Waals surface area contributed by atoms with Crippen LogP contribution in [0.2, 0.25) is 0 Å². The minimum absolute atomic E-state index is 0.141. The van der Waals surface area contributed by atoms with Crippen molar-refractivity contribution in [3.05, 3.63) is 69.9 Å². The Morgan fingerprint density at radius 2 is 1.97 bits per heavy atom. The maximum Gasteiger partial charge on any atom is 0.255 e. The lowest BCUT2D eigenvalue weighted by Crippen LogP contribution is -2.36. The first kappa shape index (κ1) is 24.8. The normalized spacial score (nSPS) is 18.2. The van der Waals surface area contributed by atoms with E-state index in [4.69, 9.17) is 9.47 Å². The number of nitrogens with one attached hydrogen (secondary N) is 1. The fourth-order valence-corrected chi connectivity index (χ4v) is 4.29. The average Bonchev–Trinajstić information content (AvgIpc) is 2.82. The van der Waals surface area contributed by atoms with Gasteiger partial charge in [-0.05, 0) is 89.1 Å². The van der Waals surface area contributed by atoms with Gasteiger partial charge in [-0.15, -0.1) is 0 Å². The number of benzene rings is 2. The van der Waals surface area contributed by atoms with E-state index in [1.54, 1.807) is 18.2 Å².